The van der Waals surface area contributed by atoms with Crippen molar-refractivity contribution >= 4 is 45.7 Å². The van der Waals surface area contributed by atoms with Crippen molar-refractivity contribution in [1.29, 1.82) is 0 Å². The van der Waals surface area contributed by atoms with Gasteiger partial charge in [0, 0.05) is 36.7 Å². The van der Waals surface area contributed by atoms with Gasteiger partial charge in [-0.15, -0.1) is 10.2 Å². The Morgan fingerprint density at radius 3 is 3.00 bits per heavy atom. The number of hydrogen-bond acceptors (Lipinski definition) is 8. The lowest BCUT2D eigenvalue weighted by Gasteiger charge is -2.17. The second kappa shape index (κ2) is 9.23. The van der Waals surface area contributed by atoms with Crippen molar-refractivity contribution in [3.63, 3.8) is 0 Å². The Morgan fingerprint density at radius 2 is 2.20 bits per heavy atom. The number of hydrogen-bond donors (Lipinski definition) is 1. The minimum absolute atomic E-state index is 0.0905. The van der Waals surface area contributed by atoms with Gasteiger partial charge >= 0.3 is 0 Å². The Balaban J connectivity index is 1.34. The molecule has 8 nitrogen and oxygen atoms in total. The first-order chi connectivity index (χ1) is 14.6. The number of pyridine rings is 1. The molecule has 4 rings (SSSR count). The van der Waals surface area contributed by atoms with Crippen LogP contribution in [0.25, 0.3) is 0 Å². The summed E-state index contributed by atoms with van der Waals surface area (Å²) >= 11 is 2.82. The Hall–Kier alpha value is -2.98. The van der Waals surface area contributed by atoms with Crippen LogP contribution < -0.4 is 15.0 Å². The number of aromatic nitrogens is 3. The van der Waals surface area contributed by atoms with Crippen LogP contribution in [0.4, 0.5) is 10.8 Å². The first kappa shape index (κ1) is 20.3. The number of methoxy groups -OCH3 is 1. The van der Waals surface area contributed by atoms with Crippen LogP contribution in [0.3, 0.4) is 0 Å². The van der Waals surface area contributed by atoms with Gasteiger partial charge in [0.25, 0.3) is 0 Å². The molecule has 0 unspecified atom stereocenters. The second-order valence-corrected chi connectivity index (χ2v) is 8.78. The van der Waals surface area contributed by atoms with E-state index >= 15 is 0 Å². The van der Waals surface area contributed by atoms with Gasteiger partial charge in [-0.25, -0.2) is 0 Å². The molecule has 30 heavy (non-hydrogen) atoms. The molecule has 3 heterocycles. The maximum Gasteiger partial charge on any atom is 0.231 e. The average molecular weight is 442 g/mol. The predicted octanol–water partition coefficient (Wildman–Crippen LogP) is 3.23. The highest BCUT2D eigenvalue weighted by molar-refractivity contribution is 8.00. The van der Waals surface area contributed by atoms with Crippen molar-refractivity contribution < 1.29 is 14.3 Å². The van der Waals surface area contributed by atoms with E-state index in [1.165, 1.54) is 23.1 Å². The molecule has 1 saturated heterocycles. The molecule has 1 aliphatic rings. The van der Waals surface area contributed by atoms with Gasteiger partial charge in [-0.05, 0) is 24.3 Å². The standard InChI is InChI=1S/C20H19N5O3S2/c1-28-16-7-4-6-15(10-16)25-11-13(9-17(25)26)18(27)22-19-23-24-20(30-19)29-12-14-5-2-3-8-21-14/h2-8,10,13H,9,11-12H2,1H3,(H,22,23,27)/t13-/m1/s1. The second-order valence-electron chi connectivity index (χ2n) is 6.58. The van der Waals surface area contributed by atoms with E-state index in [2.05, 4.69) is 20.5 Å². The fourth-order valence-electron chi connectivity index (χ4n) is 3.06. The van der Waals surface area contributed by atoms with E-state index in [-0.39, 0.29) is 18.2 Å². The van der Waals surface area contributed by atoms with Crippen molar-refractivity contribution in [2.75, 3.05) is 23.9 Å². The molecule has 1 atom stereocenters. The summed E-state index contributed by atoms with van der Waals surface area (Å²) in [5.74, 6) is 0.573. The molecule has 1 fully saturated rings. The van der Waals surface area contributed by atoms with E-state index in [4.69, 9.17) is 4.74 Å². The molecule has 0 spiro atoms. The number of thioether (sulfide) groups is 1. The number of ether oxygens (including phenoxy) is 1. The van der Waals surface area contributed by atoms with E-state index in [1.54, 1.807) is 24.3 Å². The minimum atomic E-state index is -0.447. The van der Waals surface area contributed by atoms with Crippen LogP contribution >= 0.6 is 23.1 Å². The number of carbonyl (C=O) groups is 2. The first-order valence-electron chi connectivity index (χ1n) is 9.24. The van der Waals surface area contributed by atoms with Crippen LogP contribution in [0.15, 0.2) is 53.0 Å². The maximum absolute atomic E-state index is 12.7. The van der Waals surface area contributed by atoms with Crippen LogP contribution in [0.2, 0.25) is 0 Å². The smallest absolute Gasteiger partial charge is 0.231 e. The lowest BCUT2D eigenvalue weighted by Crippen LogP contribution is -2.28. The van der Waals surface area contributed by atoms with E-state index in [9.17, 15) is 9.59 Å². The molecular formula is C20H19N5O3S2. The number of benzene rings is 1. The average Bonchev–Trinajstić information content (AvgIpc) is 3.39. The first-order valence-corrected chi connectivity index (χ1v) is 11.0. The number of amides is 2. The zero-order valence-corrected chi connectivity index (χ0v) is 17.8. The summed E-state index contributed by atoms with van der Waals surface area (Å²) in [4.78, 5) is 31.0. The molecule has 1 N–H and O–H groups in total. The highest BCUT2D eigenvalue weighted by Gasteiger charge is 2.35. The summed E-state index contributed by atoms with van der Waals surface area (Å²) in [7, 11) is 1.58. The Kier molecular flexibility index (Phi) is 6.24. The summed E-state index contributed by atoms with van der Waals surface area (Å²) in [5.41, 5.74) is 1.67. The molecule has 0 saturated carbocycles. The quantitative estimate of drug-likeness (QED) is 0.444. The third-order valence-electron chi connectivity index (χ3n) is 4.57. The third kappa shape index (κ3) is 4.77. The number of carbonyl (C=O) groups excluding carboxylic acids is 2. The maximum atomic E-state index is 12.7. The van der Waals surface area contributed by atoms with Gasteiger partial charge in [-0.1, -0.05) is 35.2 Å². The number of rotatable bonds is 7. The van der Waals surface area contributed by atoms with E-state index < -0.39 is 5.92 Å². The summed E-state index contributed by atoms with van der Waals surface area (Å²) in [6.07, 6.45) is 1.91. The summed E-state index contributed by atoms with van der Waals surface area (Å²) in [6, 6.07) is 13.0. The molecule has 0 bridgehead atoms. The third-order valence-corrected chi connectivity index (χ3v) is 6.57. The van der Waals surface area contributed by atoms with E-state index in [1.807, 2.05) is 36.4 Å². The fraction of sp³-hybridized carbons (Fsp3) is 0.250. The minimum Gasteiger partial charge on any atom is -0.497 e. The Morgan fingerprint density at radius 1 is 1.30 bits per heavy atom. The number of nitrogens with one attached hydrogen (secondary N) is 1. The molecule has 3 aromatic rings. The molecule has 0 aliphatic carbocycles. The van der Waals surface area contributed by atoms with E-state index in [0.717, 1.165) is 15.7 Å². The van der Waals surface area contributed by atoms with Gasteiger partial charge in [0.1, 0.15) is 5.75 Å². The molecule has 10 heteroatoms. The van der Waals surface area contributed by atoms with Crippen LogP contribution in [0.5, 0.6) is 5.75 Å². The summed E-state index contributed by atoms with van der Waals surface area (Å²) < 4.78 is 5.96. The Labute approximate surface area is 181 Å². The lowest BCUT2D eigenvalue weighted by molar-refractivity contribution is -0.122. The highest BCUT2D eigenvalue weighted by atomic mass is 32.2. The van der Waals surface area contributed by atoms with E-state index in [0.29, 0.717) is 23.2 Å². The zero-order chi connectivity index (χ0) is 20.9. The molecule has 1 aromatic carbocycles. The van der Waals surface area contributed by atoms with Crippen LogP contribution in [0, 0.1) is 5.92 Å². The van der Waals surface area contributed by atoms with Crippen molar-refractivity contribution in [1.82, 2.24) is 15.2 Å². The Bertz CT molecular complexity index is 1040. The van der Waals surface area contributed by atoms with Gasteiger partial charge in [0.15, 0.2) is 4.34 Å². The topological polar surface area (TPSA) is 97.3 Å². The largest absolute Gasteiger partial charge is 0.497 e. The monoisotopic (exact) mass is 441 g/mol. The van der Waals surface area contributed by atoms with Gasteiger partial charge in [-0.3, -0.25) is 14.6 Å². The van der Waals surface area contributed by atoms with Crippen LogP contribution in [-0.2, 0) is 15.3 Å². The van der Waals surface area contributed by atoms with Crippen molar-refractivity contribution in [3.05, 3.63) is 54.4 Å². The van der Waals surface area contributed by atoms with Crippen LogP contribution in [-0.4, -0.2) is 40.7 Å². The fourth-order valence-corrected chi connectivity index (χ4v) is 4.73. The van der Waals surface area contributed by atoms with Crippen LogP contribution in [0.1, 0.15) is 12.1 Å². The molecule has 2 amide bonds. The van der Waals surface area contributed by atoms with Gasteiger partial charge in [0.05, 0.1) is 18.7 Å². The highest BCUT2D eigenvalue weighted by Crippen LogP contribution is 2.30. The molecule has 154 valence electrons. The predicted molar refractivity (Wildman–Crippen MR) is 116 cm³/mol. The lowest BCUT2D eigenvalue weighted by atomic mass is 10.1. The summed E-state index contributed by atoms with van der Waals surface area (Å²) in [5, 5.41) is 11.4. The number of anilines is 2. The molecule has 1 aliphatic heterocycles. The molecule has 0 radical (unpaired) electrons. The molecule has 2 aromatic heterocycles. The van der Waals surface area contributed by atoms with Gasteiger partial charge < -0.3 is 15.0 Å². The molecular weight excluding hydrogens is 422 g/mol. The summed E-state index contributed by atoms with van der Waals surface area (Å²) in [6.45, 7) is 0.317. The van der Waals surface area contributed by atoms with Gasteiger partial charge in [-0.2, -0.15) is 0 Å². The normalized spacial score (nSPS) is 16.0. The van der Waals surface area contributed by atoms with Crippen molar-refractivity contribution in [2.45, 2.75) is 16.5 Å². The van der Waals surface area contributed by atoms with Crippen molar-refractivity contribution in [3.8, 4) is 5.75 Å². The zero-order valence-electron chi connectivity index (χ0n) is 16.1. The van der Waals surface area contributed by atoms with Crippen molar-refractivity contribution in [2.24, 2.45) is 5.92 Å². The number of nitrogens with zero attached hydrogens (tertiary/aromatic N) is 4. The van der Waals surface area contributed by atoms with Gasteiger partial charge in [0.2, 0.25) is 16.9 Å². The SMILES string of the molecule is COc1cccc(N2C[C@H](C(=O)Nc3nnc(SCc4ccccn4)s3)CC2=O)c1.